The van der Waals surface area contributed by atoms with Crippen LogP contribution in [-0.4, -0.2) is 37.7 Å². The molecule has 1 aliphatic rings. The van der Waals surface area contributed by atoms with Crippen molar-refractivity contribution in [1.82, 2.24) is 4.90 Å². The molecule has 0 saturated carbocycles. The van der Waals surface area contributed by atoms with Gasteiger partial charge in [-0.3, -0.25) is 4.90 Å². The van der Waals surface area contributed by atoms with E-state index in [9.17, 15) is 0 Å². The van der Waals surface area contributed by atoms with Gasteiger partial charge < -0.3 is 4.74 Å². The topological polar surface area (TPSA) is 12.5 Å². The lowest BCUT2D eigenvalue weighted by molar-refractivity contribution is 0.0357. The van der Waals surface area contributed by atoms with Crippen LogP contribution in [0.5, 0.6) is 0 Å². The Labute approximate surface area is 106 Å². The van der Waals surface area contributed by atoms with Crippen molar-refractivity contribution in [3.63, 3.8) is 0 Å². The van der Waals surface area contributed by atoms with Gasteiger partial charge in [0.1, 0.15) is 0 Å². The lowest BCUT2D eigenvalue weighted by Gasteiger charge is -2.29. The Morgan fingerprint density at radius 2 is 2.00 bits per heavy atom. The van der Waals surface area contributed by atoms with E-state index in [4.69, 9.17) is 4.74 Å². The summed E-state index contributed by atoms with van der Waals surface area (Å²) < 4.78 is 6.58. The molecule has 88 valence electrons. The number of hydrogen-bond acceptors (Lipinski definition) is 2. The molecule has 0 N–H and O–H groups in total. The standard InChI is InChI=1S/C13H18BrNO/c1-11(10-15-6-8-16-9-7-15)12-4-2-3-5-13(12)14/h2-5,11H,6-10H2,1H3. The lowest BCUT2D eigenvalue weighted by Crippen LogP contribution is -2.38. The molecule has 3 heteroatoms. The molecule has 0 spiro atoms. The maximum absolute atomic E-state index is 5.36. The fourth-order valence-electron chi connectivity index (χ4n) is 2.14. The Morgan fingerprint density at radius 1 is 1.31 bits per heavy atom. The molecule has 1 aromatic carbocycles. The van der Waals surface area contributed by atoms with Crippen LogP contribution in [0.25, 0.3) is 0 Å². The van der Waals surface area contributed by atoms with Crippen LogP contribution in [-0.2, 0) is 4.74 Å². The summed E-state index contributed by atoms with van der Waals surface area (Å²) in [6.45, 7) is 7.29. The second kappa shape index (κ2) is 5.80. The van der Waals surface area contributed by atoms with Gasteiger partial charge in [0.15, 0.2) is 0 Å². The van der Waals surface area contributed by atoms with Crippen LogP contribution in [0.3, 0.4) is 0 Å². The van der Waals surface area contributed by atoms with E-state index in [1.54, 1.807) is 0 Å². The third-order valence-electron chi connectivity index (χ3n) is 3.07. The Morgan fingerprint density at radius 3 is 2.69 bits per heavy atom. The highest BCUT2D eigenvalue weighted by molar-refractivity contribution is 9.10. The number of morpholine rings is 1. The van der Waals surface area contributed by atoms with E-state index < -0.39 is 0 Å². The predicted molar refractivity (Wildman–Crippen MR) is 69.8 cm³/mol. The molecule has 0 amide bonds. The molecule has 1 aromatic rings. The minimum absolute atomic E-state index is 0.564. The van der Waals surface area contributed by atoms with Gasteiger partial charge in [-0.15, -0.1) is 0 Å². The summed E-state index contributed by atoms with van der Waals surface area (Å²) in [7, 11) is 0. The zero-order chi connectivity index (χ0) is 11.4. The fraction of sp³-hybridized carbons (Fsp3) is 0.538. The molecule has 0 aromatic heterocycles. The molecule has 1 saturated heterocycles. The largest absolute Gasteiger partial charge is 0.379 e. The summed E-state index contributed by atoms with van der Waals surface area (Å²) in [6.07, 6.45) is 0. The molecule has 1 aliphatic heterocycles. The van der Waals surface area contributed by atoms with Gasteiger partial charge in [0, 0.05) is 24.1 Å². The number of rotatable bonds is 3. The Hall–Kier alpha value is -0.380. The van der Waals surface area contributed by atoms with Gasteiger partial charge in [-0.25, -0.2) is 0 Å². The first-order valence-corrected chi connectivity index (χ1v) is 6.61. The molecule has 0 aliphatic carbocycles. The number of benzene rings is 1. The van der Waals surface area contributed by atoms with Crippen molar-refractivity contribution in [1.29, 1.82) is 0 Å². The molecule has 1 unspecified atom stereocenters. The number of hydrogen-bond donors (Lipinski definition) is 0. The second-order valence-corrected chi connectivity index (χ2v) is 5.19. The molecular weight excluding hydrogens is 266 g/mol. The summed E-state index contributed by atoms with van der Waals surface area (Å²) >= 11 is 3.62. The summed E-state index contributed by atoms with van der Waals surface area (Å²) in [5, 5.41) is 0. The van der Waals surface area contributed by atoms with E-state index >= 15 is 0 Å². The van der Waals surface area contributed by atoms with Crippen LogP contribution in [0.15, 0.2) is 28.7 Å². The maximum Gasteiger partial charge on any atom is 0.0594 e. The van der Waals surface area contributed by atoms with Gasteiger partial charge in [-0.2, -0.15) is 0 Å². The van der Waals surface area contributed by atoms with Gasteiger partial charge >= 0.3 is 0 Å². The van der Waals surface area contributed by atoms with Gasteiger partial charge in [-0.1, -0.05) is 41.1 Å². The van der Waals surface area contributed by atoms with Crippen molar-refractivity contribution in [3.8, 4) is 0 Å². The Bertz CT molecular complexity index is 336. The molecular formula is C13H18BrNO. The molecule has 1 fully saturated rings. The summed E-state index contributed by atoms with van der Waals surface area (Å²) in [4.78, 5) is 2.48. The second-order valence-electron chi connectivity index (χ2n) is 4.34. The van der Waals surface area contributed by atoms with E-state index in [1.807, 2.05) is 0 Å². The highest BCUT2D eigenvalue weighted by atomic mass is 79.9. The van der Waals surface area contributed by atoms with Crippen LogP contribution in [0.2, 0.25) is 0 Å². The number of nitrogens with zero attached hydrogens (tertiary/aromatic N) is 1. The highest BCUT2D eigenvalue weighted by Gasteiger charge is 2.15. The summed E-state index contributed by atoms with van der Waals surface area (Å²) in [6, 6.07) is 8.49. The van der Waals surface area contributed by atoms with Gasteiger partial charge in [0.2, 0.25) is 0 Å². The number of halogens is 1. The zero-order valence-corrected chi connectivity index (χ0v) is 11.2. The van der Waals surface area contributed by atoms with Crippen molar-refractivity contribution in [2.24, 2.45) is 0 Å². The zero-order valence-electron chi connectivity index (χ0n) is 9.66. The van der Waals surface area contributed by atoms with Crippen LogP contribution in [0.1, 0.15) is 18.4 Å². The SMILES string of the molecule is CC(CN1CCOCC1)c1ccccc1Br. The quantitative estimate of drug-likeness (QED) is 0.846. The molecule has 1 heterocycles. The van der Waals surface area contributed by atoms with E-state index in [-0.39, 0.29) is 0 Å². The Balaban J connectivity index is 1.96. The van der Waals surface area contributed by atoms with Crippen LogP contribution < -0.4 is 0 Å². The predicted octanol–water partition coefficient (Wildman–Crippen LogP) is 2.88. The van der Waals surface area contributed by atoms with Crippen molar-refractivity contribution in [2.75, 3.05) is 32.8 Å². The average Bonchev–Trinajstić information content (AvgIpc) is 2.31. The summed E-state index contributed by atoms with van der Waals surface area (Å²) in [5.41, 5.74) is 1.40. The van der Waals surface area contributed by atoms with E-state index in [0.717, 1.165) is 32.8 Å². The van der Waals surface area contributed by atoms with E-state index in [1.165, 1.54) is 10.0 Å². The van der Waals surface area contributed by atoms with Crippen molar-refractivity contribution in [2.45, 2.75) is 12.8 Å². The molecule has 2 nitrogen and oxygen atoms in total. The third kappa shape index (κ3) is 3.06. The normalized spacial score (nSPS) is 19.6. The smallest absolute Gasteiger partial charge is 0.0594 e. The summed E-state index contributed by atoms with van der Waals surface area (Å²) in [5.74, 6) is 0.564. The molecule has 0 radical (unpaired) electrons. The molecule has 1 atom stereocenters. The van der Waals surface area contributed by atoms with Crippen molar-refractivity contribution < 1.29 is 4.74 Å². The van der Waals surface area contributed by atoms with Gasteiger partial charge in [0.05, 0.1) is 13.2 Å². The van der Waals surface area contributed by atoms with Crippen molar-refractivity contribution in [3.05, 3.63) is 34.3 Å². The van der Waals surface area contributed by atoms with Crippen LogP contribution in [0, 0.1) is 0 Å². The average molecular weight is 284 g/mol. The fourth-order valence-corrected chi connectivity index (χ4v) is 2.82. The van der Waals surface area contributed by atoms with Crippen LogP contribution >= 0.6 is 15.9 Å². The highest BCUT2D eigenvalue weighted by Crippen LogP contribution is 2.25. The monoisotopic (exact) mass is 283 g/mol. The minimum Gasteiger partial charge on any atom is -0.379 e. The molecule has 16 heavy (non-hydrogen) atoms. The number of ether oxygens (including phenoxy) is 1. The third-order valence-corrected chi connectivity index (χ3v) is 3.79. The van der Waals surface area contributed by atoms with E-state index in [0.29, 0.717) is 5.92 Å². The first-order chi connectivity index (χ1) is 7.77. The molecule has 0 bridgehead atoms. The van der Waals surface area contributed by atoms with Crippen LogP contribution in [0.4, 0.5) is 0 Å². The van der Waals surface area contributed by atoms with Crippen molar-refractivity contribution >= 4 is 15.9 Å². The minimum atomic E-state index is 0.564. The molecule has 2 rings (SSSR count). The lowest BCUT2D eigenvalue weighted by atomic mass is 10.0. The van der Waals surface area contributed by atoms with Gasteiger partial charge in [0.25, 0.3) is 0 Å². The first kappa shape index (κ1) is 12.1. The maximum atomic E-state index is 5.36. The van der Waals surface area contributed by atoms with E-state index in [2.05, 4.69) is 52.0 Å². The first-order valence-electron chi connectivity index (χ1n) is 5.82. The van der Waals surface area contributed by atoms with Gasteiger partial charge in [-0.05, 0) is 17.5 Å². The Kier molecular flexibility index (Phi) is 4.38.